The largest absolute Gasteiger partial charge is 0.314 e. The van der Waals surface area contributed by atoms with E-state index < -0.39 is 0 Å². The highest BCUT2D eigenvalue weighted by atomic mass is 16.2. The first kappa shape index (κ1) is 10.2. The SMILES string of the molecule is CC1CC(C(=O)Nc2ccn[nH]2)CCN1. The smallest absolute Gasteiger partial charge is 0.228 e. The predicted octanol–water partition coefficient (Wildman–Crippen LogP) is 0.736. The topological polar surface area (TPSA) is 69.8 Å². The zero-order chi connectivity index (χ0) is 10.7. The summed E-state index contributed by atoms with van der Waals surface area (Å²) in [7, 11) is 0. The molecular weight excluding hydrogens is 192 g/mol. The number of aromatic nitrogens is 2. The molecule has 0 aliphatic carbocycles. The van der Waals surface area contributed by atoms with Gasteiger partial charge in [0.1, 0.15) is 5.82 Å². The second-order valence-electron chi connectivity index (χ2n) is 4.04. The van der Waals surface area contributed by atoms with Gasteiger partial charge in [0.05, 0.1) is 6.20 Å². The molecular formula is C10H16N4O. The molecule has 0 saturated carbocycles. The van der Waals surface area contributed by atoms with Crippen LogP contribution in [0.4, 0.5) is 5.82 Å². The van der Waals surface area contributed by atoms with E-state index in [1.54, 1.807) is 12.3 Å². The summed E-state index contributed by atoms with van der Waals surface area (Å²) in [5, 5.41) is 12.7. The normalized spacial score (nSPS) is 26.2. The fourth-order valence-electron chi connectivity index (χ4n) is 1.93. The van der Waals surface area contributed by atoms with Gasteiger partial charge in [-0.1, -0.05) is 0 Å². The molecule has 2 rings (SSSR count). The Morgan fingerprint density at radius 3 is 3.20 bits per heavy atom. The van der Waals surface area contributed by atoms with Gasteiger partial charge in [0, 0.05) is 18.0 Å². The summed E-state index contributed by atoms with van der Waals surface area (Å²) < 4.78 is 0. The molecule has 5 nitrogen and oxygen atoms in total. The first-order valence-corrected chi connectivity index (χ1v) is 5.29. The molecule has 0 spiro atoms. The summed E-state index contributed by atoms with van der Waals surface area (Å²) in [6.45, 7) is 3.03. The summed E-state index contributed by atoms with van der Waals surface area (Å²) >= 11 is 0. The van der Waals surface area contributed by atoms with Crippen molar-refractivity contribution < 1.29 is 4.79 Å². The monoisotopic (exact) mass is 208 g/mol. The molecule has 2 heterocycles. The van der Waals surface area contributed by atoms with E-state index in [4.69, 9.17) is 0 Å². The number of carbonyl (C=O) groups is 1. The molecule has 5 heteroatoms. The predicted molar refractivity (Wildman–Crippen MR) is 57.4 cm³/mol. The van der Waals surface area contributed by atoms with Crippen LogP contribution < -0.4 is 10.6 Å². The van der Waals surface area contributed by atoms with E-state index in [2.05, 4.69) is 27.8 Å². The van der Waals surface area contributed by atoms with Crippen LogP contribution in [0.5, 0.6) is 0 Å². The first-order chi connectivity index (χ1) is 7.25. The lowest BCUT2D eigenvalue weighted by Crippen LogP contribution is -2.40. The fourth-order valence-corrected chi connectivity index (χ4v) is 1.93. The van der Waals surface area contributed by atoms with Gasteiger partial charge in [0.2, 0.25) is 5.91 Å². The maximum absolute atomic E-state index is 11.8. The molecule has 0 aromatic carbocycles. The number of hydrogen-bond acceptors (Lipinski definition) is 3. The number of piperidine rings is 1. The molecule has 0 radical (unpaired) electrons. The third-order valence-electron chi connectivity index (χ3n) is 2.75. The van der Waals surface area contributed by atoms with Crippen molar-refractivity contribution >= 4 is 11.7 Å². The zero-order valence-corrected chi connectivity index (χ0v) is 8.79. The Bertz CT molecular complexity index is 322. The van der Waals surface area contributed by atoms with Crippen LogP contribution >= 0.6 is 0 Å². The van der Waals surface area contributed by atoms with E-state index in [9.17, 15) is 4.79 Å². The molecule has 1 aromatic heterocycles. The quantitative estimate of drug-likeness (QED) is 0.671. The molecule has 1 aliphatic rings. The lowest BCUT2D eigenvalue weighted by molar-refractivity contribution is -0.120. The van der Waals surface area contributed by atoms with Gasteiger partial charge in [-0.25, -0.2) is 0 Å². The van der Waals surface area contributed by atoms with Gasteiger partial charge < -0.3 is 10.6 Å². The maximum atomic E-state index is 11.8. The van der Waals surface area contributed by atoms with Crippen LogP contribution in [0.3, 0.4) is 0 Å². The fraction of sp³-hybridized carbons (Fsp3) is 0.600. The number of nitrogens with zero attached hydrogens (tertiary/aromatic N) is 1. The van der Waals surface area contributed by atoms with Gasteiger partial charge in [0.15, 0.2) is 0 Å². The standard InChI is InChI=1S/C10H16N4O/c1-7-6-8(2-4-11-7)10(15)13-9-3-5-12-14-9/h3,5,7-8,11H,2,4,6H2,1H3,(H2,12,13,14,15). The van der Waals surface area contributed by atoms with Gasteiger partial charge in [-0.15, -0.1) is 0 Å². The Morgan fingerprint density at radius 1 is 1.67 bits per heavy atom. The molecule has 3 N–H and O–H groups in total. The maximum Gasteiger partial charge on any atom is 0.228 e. The summed E-state index contributed by atoms with van der Waals surface area (Å²) in [6, 6.07) is 2.18. The van der Waals surface area contributed by atoms with Gasteiger partial charge >= 0.3 is 0 Å². The number of H-pyrrole nitrogens is 1. The minimum absolute atomic E-state index is 0.0904. The highest BCUT2D eigenvalue weighted by molar-refractivity contribution is 5.91. The zero-order valence-electron chi connectivity index (χ0n) is 8.79. The van der Waals surface area contributed by atoms with Crippen molar-refractivity contribution in [1.82, 2.24) is 15.5 Å². The van der Waals surface area contributed by atoms with Crippen molar-refractivity contribution in [2.75, 3.05) is 11.9 Å². The molecule has 1 aromatic rings. The lowest BCUT2D eigenvalue weighted by atomic mass is 9.92. The summed E-state index contributed by atoms with van der Waals surface area (Å²) in [6.07, 6.45) is 3.44. The Morgan fingerprint density at radius 2 is 2.53 bits per heavy atom. The molecule has 82 valence electrons. The van der Waals surface area contributed by atoms with E-state index >= 15 is 0 Å². The highest BCUT2D eigenvalue weighted by Gasteiger charge is 2.24. The summed E-state index contributed by atoms with van der Waals surface area (Å²) in [5.74, 6) is 0.878. The average molecular weight is 208 g/mol. The molecule has 2 unspecified atom stereocenters. The molecule has 1 fully saturated rings. The number of amides is 1. The Balaban J connectivity index is 1.90. The van der Waals surface area contributed by atoms with Crippen LogP contribution in [0.1, 0.15) is 19.8 Å². The van der Waals surface area contributed by atoms with Gasteiger partial charge in [0.25, 0.3) is 0 Å². The molecule has 1 amide bonds. The van der Waals surface area contributed by atoms with Gasteiger partial charge in [-0.2, -0.15) is 5.10 Å². The first-order valence-electron chi connectivity index (χ1n) is 5.29. The van der Waals surface area contributed by atoms with Crippen molar-refractivity contribution in [3.05, 3.63) is 12.3 Å². The van der Waals surface area contributed by atoms with Gasteiger partial charge in [-0.05, 0) is 26.3 Å². The lowest BCUT2D eigenvalue weighted by Gasteiger charge is -2.26. The van der Waals surface area contributed by atoms with Crippen LogP contribution in [0, 0.1) is 5.92 Å². The highest BCUT2D eigenvalue weighted by Crippen LogP contribution is 2.17. The van der Waals surface area contributed by atoms with Gasteiger partial charge in [-0.3, -0.25) is 9.89 Å². The van der Waals surface area contributed by atoms with E-state index in [-0.39, 0.29) is 11.8 Å². The third-order valence-corrected chi connectivity index (χ3v) is 2.75. The average Bonchev–Trinajstić information content (AvgIpc) is 2.70. The van der Waals surface area contributed by atoms with E-state index in [0.29, 0.717) is 11.9 Å². The molecule has 15 heavy (non-hydrogen) atoms. The number of rotatable bonds is 2. The van der Waals surface area contributed by atoms with Crippen LogP contribution in [-0.2, 0) is 4.79 Å². The summed E-state index contributed by atoms with van der Waals surface area (Å²) in [5.41, 5.74) is 0. The Hall–Kier alpha value is -1.36. The third kappa shape index (κ3) is 2.56. The second-order valence-corrected chi connectivity index (χ2v) is 4.04. The van der Waals surface area contributed by atoms with Crippen molar-refractivity contribution in [2.45, 2.75) is 25.8 Å². The number of aromatic amines is 1. The van der Waals surface area contributed by atoms with Crippen molar-refractivity contribution in [3.63, 3.8) is 0 Å². The van der Waals surface area contributed by atoms with Crippen LogP contribution in [0.25, 0.3) is 0 Å². The van der Waals surface area contributed by atoms with E-state index in [1.807, 2.05) is 0 Å². The minimum Gasteiger partial charge on any atom is -0.314 e. The summed E-state index contributed by atoms with van der Waals surface area (Å²) in [4.78, 5) is 11.8. The number of hydrogen-bond donors (Lipinski definition) is 3. The van der Waals surface area contributed by atoms with Crippen molar-refractivity contribution in [1.29, 1.82) is 0 Å². The minimum atomic E-state index is 0.0904. The molecule has 2 atom stereocenters. The molecule has 0 bridgehead atoms. The molecule has 1 aliphatic heterocycles. The van der Waals surface area contributed by atoms with E-state index in [1.165, 1.54) is 0 Å². The van der Waals surface area contributed by atoms with Crippen molar-refractivity contribution in [2.24, 2.45) is 5.92 Å². The van der Waals surface area contributed by atoms with E-state index in [0.717, 1.165) is 19.4 Å². The Kier molecular flexibility index (Phi) is 3.01. The number of carbonyl (C=O) groups excluding carboxylic acids is 1. The van der Waals surface area contributed by atoms with Crippen LogP contribution in [0.2, 0.25) is 0 Å². The Labute approximate surface area is 88.6 Å². The van der Waals surface area contributed by atoms with Crippen molar-refractivity contribution in [3.8, 4) is 0 Å². The molecule has 1 saturated heterocycles. The number of anilines is 1. The second kappa shape index (κ2) is 4.44. The van der Waals surface area contributed by atoms with Crippen LogP contribution in [-0.4, -0.2) is 28.7 Å². The number of nitrogens with one attached hydrogen (secondary N) is 3. The van der Waals surface area contributed by atoms with Crippen LogP contribution in [0.15, 0.2) is 12.3 Å².